The Kier molecular flexibility index (Phi) is 5.07. The predicted octanol–water partition coefficient (Wildman–Crippen LogP) is 2.50. The van der Waals surface area contributed by atoms with E-state index in [9.17, 15) is 20.0 Å². The highest BCUT2D eigenvalue weighted by molar-refractivity contribution is 9.10. The van der Waals surface area contributed by atoms with Crippen molar-refractivity contribution in [3.63, 3.8) is 0 Å². The van der Waals surface area contributed by atoms with Crippen molar-refractivity contribution in [2.75, 3.05) is 0 Å². The number of carbonyl (C=O) groups is 1. The second-order valence-corrected chi connectivity index (χ2v) is 5.47. The Morgan fingerprint density at radius 3 is 2.70 bits per heavy atom. The fourth-order valence-corrected chi connectivity index (χ4v) is 2.31. The van der Waals surface area contributed by atoms with Gasteiger partial charge >= 0.3 is 0 Å². The fraction of sp³-hybridized carbons (Fsp3) is 0.0667. The number of hydrogen-bond acceptors (Lipinski definition) is 5. The molecule has 1 N–H and O–H groups in total. The highest BCUT2D eigenvalue weighted by Gasteiger charge is 2.10. The van der Waals surface area contributed by atoms with Gasteiger partial charge in [0.25, 0.3) is 11.6 Å². The van der Waals surface area contributed by atoms with E-state index in [1.54, 1.807) is 24.3 Å². The second kappa shape index (κ2) is 7.01. The monoisotopic (exact) mass is 376 g/mol. The van der Waals surface area contributed by atoms with Gasteiger partial charge in [0.1, 0.15) is 0 Å². The standard InChI is InChI=1S/C15H12BrN3O4/c1-9-6-11(19(22)23)7-10(14(9)20)8-17-18-15(21)12-4-2-3-5-13(12)16/h2-8,20H,1H3,(H,18,21)/p-1/b17-8-. The third-order valence-corrected chi connectivity index (χ3v) is 3.68. The summed E-state index contributed by atoms with van der Waals surface area (Å²) in [6.45, 7) is 1.48. The van der Waals surface area contributed by atoms with E-state index < -0.39 is 10.8 Å². The van der Waals surface area contributed by atoms with Crippen molar-refractivity contribution in [1.82, 2.24) is 5.43 Å². The van der Waals surface area contributed by atoms with Gasteiger partial charge < -0.3 is 5.11 Å². The predicted molar refractivity (Wildman–Crippen MR) is 86.5 cm³/mol. The van der Waals surface area contributed by atoms with Crippen LogP contribution in [0, 0.1) is 17.0 Å². The van der Waals surface area contributed by atoms with Crippen LogP contribution in [-0.4, -0.2) is 17.0 Å². The number of benzene rings is 2. The van der Waals surface area contributed by atoms with E-state index in [0.717, 1.165) is 12.3 Å². The molecule has 0 heterocycles. The first-order valence-corrected chi connectivity index (χ1v) is 7.23. The van der Waals surface area contributed by atoms with Crippen LogP contribution in [0.2, 0.25) is 0 Å². The summed E-state index contributed by atoms with van der Waals surface area (Å²) in [7, 11) is 0. The van der Waals surface area contributed by atoms with E-state index in [1.165, 1.54) is 13.0 Å². The SMILES string of the molecule is Cc1cc([N+](=O)[O-])cc(/C=N\NC(=O)c2ccccc2Br)c1[O-]. The lowest BCUT2D eigenvalue weighted by Gasteiger charge is -2.13. The number of nitro benzene ring substituents is 1. The second-order valence-electron chi connectivity index (χ2n) is 4.62. The number of carbonyl (C=O) groups excluding carboxylic acids is 1. The summed E-state index contributed by atoms with van der Waals surface area (Å²) < 4.78 is 0.600. The zero-order valence-electron chi connectivity index (χ0n) is 11.9. The molecule has 1 amide bonds. The summed E-state index contributed by atoms with van der Waals surface area (Å²) in [5.41, 5.74) is 2.71. The fourth-order valence-electron chi connectivity index (χ4n) is 1.85. The van der Waals surface area contributed by atoms with E-state index in [4.69, 9.17) is 0 Å². The molecule has 0 bridgehead atoms. The summed E-state index contributed by atoms with van der Waals surface area (Å²) in [5.74, 6) is -0.849. The van der Waals surface area contributed by atoms with Gasteiger partial charge in [-0.1, -0.05) is 23.4 Å². The van der Waals surface area contributed by atoms with Crippen molar-refractivity contribution >= 4 is 33.7 Å². The van der Waals surface area contributed by atoms with Crippen LogP contribution in [0.25, 0.3) is 0 Å². The molecular weight excluding hydrogens is 366 g/mol. The Bertz CT molecular complexity index is 805. The Hall–Kier alpha value is -2.74. The molecule has 0 spiro atoms. The van der Waals surface area contributed by atoms with Crippen molar-refractivity contribution in [2.24, 2.45) is 5.10 Å². The molecule has 0 saturated carbocycles. The number of nitrogens with zero attached hydrogens (tertiary/aromatic N) is 2. The van der Waals surface area contributed by atoms with Gasteiger partial charge in [0.05, 0.1) is 16.7 Å². The van der Waals surface area contributed by atoms with Crippen LogP contribution in [-0.2, 0) is 0 Å². The van der Waals surface area contributed by atoms with Gasteiger partial charge in [-0.25, -0.2) is 5.43 Å². The number of hydrogen-bond donors (Lipinski definition) is 1. The van der Waals surface area contributed by atoms with Crippen molar-refractivity contribution < 1.29 is 14.8 Å². The minimum absolute atomic E-state index is 0.0316. The van der Waals surface area contributed by atoms with Gasteiger partial charge in [-0.3, -0.25) is 14.9 Å². The molecule has 7 nitrogen and oxygen atoms in total. The average molecular weight is 377 g/mol. The molecule has 2 aromatic carbocycles. The topological polar surface area (TPSA) is 108 Å². The van der Waals surface area contributed by atoms with Crippen molar-refractivity contribution in [3.8, 4) is 5.75 Å². The minimum Gasteiger partial charge on any atom is -0.872 e. The Morgan fingerprint density at radius 1 is 1.35 bits per heavy atom. The first-order chi connectivity index (χ1) is 10.9. The number of non-ortho nitro benzene ring substituents is 1. The average Bonchev–Trinajstić information content (AvgIpc) is 2.51. The zero-order chi connectivity index (χ0) is 17.0. The summed E-state index contributed by atoms with van der Waals surface area (Å²) in [6.07, 6.45) is 1.09. The maximum Gasteiger partial charge on any atom is 0.272 e. The molecule has 2 rings (SSSR count). The maximum atomic E-state index is 11.9. The first-order valence-electron chi connectivity index (χ1n) is 6.44. The molecule has 0 aliphatic carbocycles. The van der Waals surface area contributed by atoms with Crippen molar-refractivity contribution in [1.29, 1.82) is 0 Å². The zero-order valence-corrected chi connectivity index (χ0v) is 13.5. The van der Waals surface area contributed by atoms with Crippen LogP contribution in [0.4, 0.5) is 5.69 Å². The molecule has 23 heavy (non-hydrogen) atoms. The molecular formula is C15H11BrN3O4-. The molecule has 0 saturated heterocycles. The molecule has 0 aromatic heterocycles. The maximum absolute atomic E-state index is 11.9. The third-order valence-electron chi connectivity index (χ3n) is 2.99. The first kappa shape index (κ1) is 16.6. The largest absolute Gasteiger partial charge is 0.872 e. The number of nitrogens with one attached hydrogen (secondary N) is 1. The van der Waals surface area contributed by atoms with Gasteiger partial charge in [-0.2, -0.15) is 5.10 Å². The number of hydrazone groups is 1. The summed E-state index contributed by atoms with van der Waals surface area (Å²) in [4.78, 5) is 22.2. The van der Waals surface area contributed by atoms with Crippen molar-refractivity contribution in [3.05, 3.63) is 67.7 Å². The van der Waals surface area contributed by atoms with Crippen LogP contribution in [0.15, 0.2) is 46.0 Å². The number of amides is 1. The van der Waals surface area contributed by atoms with Gasteiger partial charge in [-0.15, -0.1) is 0 Å². The van der Waals surface area contributed by atoms with E-state index >= 15 is 0 Å². The van der Waals surface area contributed by atoms with E-state index in [1.807, 2.05) is 0 Å². The van der Waals surface area contributed by atoms with Crippen LogP contribution in [0.3, 0.4) is 0 Å². The van der Waals surface area contributed by atoms with Crippen LogP contribution < -0.4 is 10.5 Å². The van der Waals surface area contributed by atoms with Gasteiger partial charge in [0.15, 0.2) is 0 Å². The van der Waals surface area contributed by atoms with E-state index in [-0.39, 0.29) is 22.6 Å². The quantitative estimate of drug-likeness (QED) is 0.502. The smallest absolute Gasteiger partial charge is 0.272 e. The Balaban J connectivity index is 2.19. The molecule has 0 aliphatic heterocycles. The summed E-state index contributed by atoms with van der Waals surface area (Å²) >= 11 is 3.24. The van der Waals surface area contributed by atoms with Gasteiger partial charge in [-0.05, 0) is 40.5 Å². The molecule has 118 valence electrons. The summed E-state index contributed by atoms with van der Waals surface area (Å²) in [6, 6.07) is 9.08. The number of rotatable bonds is 4. The molecule has 8 heteroatoms. The lowest BCUT2D eigenvalue weighted by Crippen LogP contribution is -2.18. The van der Waals surface area contributed by atoms with Crippen LogP contribution >= 0.6 is 15.9 Å². The highest BCUT2D eigenvalue weighted by Crippen LogP contribution is 2.24. The van der Waals surface area contributed by atoms with E-state index in [2.05, 4.69) is 26.5 Å². The molecule has 0 atom stereocenters. The Morgan fingerprint density at radius 2 is 2.04 bits per heavy atom. The molecule has 0 radical (unpaired) electrons. The van der Waals surface area contributed by atoms with E-state index in [0.29, 0.717) is 10.0 Å². The normalized spacial score (nSPS) is 10.7. The molecule has 0 fully saturated rings. The van der Waals surface area contributed by atoms with Gasteiger partial charge in [0.2, 0.25) is 0 Å². The highest BCUT2D eigenvalue weighted by atomic mass is 79.9. The molecule has 0 unspecified atom stereocenters. The molecule has 0 aliphatic rings. The van der Waals surface area contributed by atoms with Crippen LogP contribution in [0.5, 0.6) is 5.75 Å². The summed E-state index contributed by atoms with van der Waals surface area (Å²) in [5, 5.41) is 26.4. The minimum atomic E-state index is -0.594. The van der Waals surface area contributed by atoms with Crippen LogP contribution in [0.1, 0.15) is 21.5 Å². The van der Waals surface area contributed by atoms with Gasteiger partial charge in [0, 0.05) is 16.6 Å². The molecule has 2 aromatic rings. The third kappa shape index (κ3) is 3.92. The number of nitro groups is 1. The lowest BCUT2D eigenvalue weighted by molar-refractivity contribution is -0.385. The van der Waals surface area contributed by atoms with Crippen molar-refractivity contribution in [2.45, 2.75) is 6.92 Å². The number of halogens is 1. The Labute approximate surface area is 139 Å². The lowest BCUT2D eigenvalue weighted by atomic mass is 10.1. The number of aryl methyl sites for hydroxylation is 1.